The molecule has 12 heteroatoms. The maximum atomic E-state index is 12.7. The highest BCUT2D eigenvalue weighted by Gasteiger charge is 2.26. The predicted molar refractivity (Wildman–Crippen MR) is 118 cm³/mol. The molecular weight excluding hydrogens is 440 g/mol. The standard InChI is InChI=1S/C19H24N6O4S2/c1-22-17-16(18(26)23(2)19(22)27)24(13-21-17)10-11-30-15-7-6-14(12-20-15)31(28,29)25-8-4-3-5-9-25/h6-7,12-13H,3-5,8-11H2,1-2H3. The molecule has 3 aromatic heterocycles. The maximum Gasteiger partial charge on any atom is 0.332 e. The van der Waals surface area contributed by atoms with Crippen LogP contribution in [0.5, 0.6) is 0 Å². The number of thioether (sulfide) groups is 1. The van der Waals surface area contributed by atoms with Gasteiger partial charge in [-0.05, 0) is 25.0 Å². The molecule has 1 saturated heterocycles. The average molecular weight is 465 g/mol. The van der Waals surface area contributed by atoms with Gasteiger partial charge >= 0.3 is 5.69 Å². The van der Waals surface area contributed by atoms with E-state index in [-0.39, 0.29) is 10.5 Å². The Bertz CT molecular complexity index is 1320. The molecular formula is C19H24N6O4S2. The number of imidazole rings is 1. The molecule has 4 heterocycles. The highest BCUT2D eigenvalue weighted by Crippen LogP contribution is 2.22. The second-order valence-corrected chi connectivity index (χ2v) is 10.5. The Morgan fingerprint density at radius 1 is 1.03 bits per heavy atom. The number of pyridine rings is 1. The Hall–Kier alpha value is -2.44. The quantitative estimate of drug-likeness (QED) is 0.496. The molecule has 1 aliphatic rings. The SMILES string of the molecule is Cn1c(=O)c2c(ncn2CCSc2ccc(S(=O)(=O)N3CCCCC3)cn2)n(C)c1=O. The van der Waals surface area contributed by atoms with Crippen molar-refractivity contribution in [1.29, 1.82) is 0 Å². The molecule has 0 bridgehead atoms. The molecule has 10 nitrogen and oxygen atoms in total. The molecule has 0 saturated carbocycles. The van der Waals surface area contributed by atoms with Gasteiger partial charge < -0.3 is 4.57 Å². The lowest BCUT2D eigenvalue weighted by atomic mass is 10.2. The van der Waals surface area contributed by atoms with Crippen molar-refractivity contribution in [2.75, 3.05) is 18.8 Å². The van der Waals surface area contributed by atoms with Gasteiger partial charge in [0, 0.05) is 45.7 Å². The topological polar surface area (TPSA) is 112 Å². The molecule has 4 rings (SSSR count). The van der Waals surface area contributed by atoms with Crippen LogP contribution < -0.4 is 11.2 Å². The number of sulfonamides is 1. The maximum absolute atomic E-state index is 12.7. The van der Waals surface area contributed by atoms with E-state index in [1.165, 1.54) is 33.9 Å². The second-order valence-electron chi connectivity index (χ2n) is 7.46. The van der Waals surface area contributed by atoms with E-state index in [0.717, 1.165) is 23.8 Å². The van der Waals surface area contributed by atoms with E-state index >= 15 is 0 Å². The summed E-state index contributed by atoms with van der Waals surface area (Å²) < 4.78 is 31.1. The third-order valence-corrected chi connectivity index (χ3v) is 8.27. The van der Waals surface area contributed by atoms with Crippen LogP contribution in [0.15, 0.2) is 44.2 Å². The van der Waals surface area contributed by atoms with Crippen molar-refractivity contribution in [2.45, 2.75) is 35.7 Å². The third-order valence-electron chi connectivity index (χ3n) is 5.46. The van der Waals surface area contributed by atoms with Crippen molar-refractivity contribution >= 4 is 32.9 Å². The van der Waals surface area contributed by atoms with Crippen molar-refractivity contribution < 1.29 is 8.42 Å². The fourth-order valence-electron chi connectivity index (χ4n) is 3.67. The van der Waals surface area contributed by atoms with Gasteiger partial charge in [-0.3, -0.25) is 13.9 Å². The first-order valence-corrected chi connectivity index (χ1v) is 12.4. The molecule has 0 radical (unpaired) electrons. The molecule has 1 fully saturated rings. The summed E-state index contributed by atoms with van der Waals surface area (Å²) in [4.78, 5) is 33.2. The van der Waals surface area contributed by atoms with E-state index in [2.05, 4.69) is 9.97 Å². The van der Waals surface area contributed by atoms with Gasteiger partial charge in [-0.2, -0.15) is 4.31 Å². The van der Waals surface area contributed by atoms with E-state index in [9.17, 15) is 18.0 Å². The van der Waals surface area contributed by atoms with Crippen LogP contribution in [-0.4, -0.2) is 55.2 Å². The average Bonchev–Trinajstić information content (AvgIpc) is 3.21. The lowest BCUT2D eigenvalue weighted by Gasteiger charge is -2.25. The molecule has 166 valence electrons. The Labute approximate surface area is 183 Å². The normalized spacial score (nSPS) is 15.5. The summed E-state index contributed by atoms with van der Waals surface area (Å²) in [6, 6.07) is 3.30. The van der Waals surface area contributed by atoms with E-state index in [1.54, 1.807) is 30.1 Å². The van der Waals surface area contributed by atoms with Gasteiger partial charge in [0.25, 0.3) is 5.56 Å². The molecule has 0 spiro atoms. The summed E-state index contributed by atoms with van der Waals surface area (Å²) in [5, 5.41) is 0.697. The van der Waals surface area contributed by atoms with Crippen LogP contribution >= 0.6 is 11.8 Å². The van der Waals surface area contributed by atoms with Gasteiger partial charge in [0.2, 0.25) is 10.0 Å². The Kier molecular flexibility index (Phi) is 6.04. The number of hydrogen-bond donors (Lipinski definition) is 0. The van der Waals surface area contributed by atoms with Gasteiger partial charge in [-0.25, -0.2) is 23.2 Å². The zero-order valence-corrected chi connectivity index (χ0v) is 19.0. The van der Waals surface area contributed by atoms with Gasteiger partial charge in [0.15, 0.2) is 11.2 Å². The molecule has 3 aromatic rings. The molecule has 0 aliphatic carbocycles. The van der Waals surface area contributed by atoms with E-state index < -0.39 is 15.7 Å². The van der Waals surface area contributed by atoms with Gasteiger partial charge in [0.05, 0.1) is 11.4 Å². The van der Waals surface area contributed by atoms with Crippen LogP contribution in [0.1, 0.15) is 19.3 Å². The highest BCUT2D eigenvalue weighted by molar-refractivity contribution is 7.99. The lowest BCUT2D eigenvalue weighted by molar-refractivity contribution is 0.346. The number of rotatable bonds is 6. The molecule has 1 aliphatic heterocycles. The van der Waals surface area contributed by atoms with Crippen LogP contribution in [-0.2, 0) is 30.7 Å². The number of piperidine rings is 1. The summed E-state index contributed by atoms with van der Waals surface area (Å²) in [5.74, 6) is 0.600. The summed E-state index contributed by atoms with van der Waals surface area (Å²) in [5.41, 5.74) is -0.0726. The molecule has 31 heavy (non-hydrogen) atoms. The zero-order chi connectivity index (χ0) is 22.2. The number of aromatic nitrogens is 5. The van der Waals surface area contributed by atoms with Crippen molar-refractivity contribution in [3.63, 3.8) is 0 Å². The van der Waals surface area contributed by atoms with E-state index in [0.29, 0.717) is 41.6 Å². The van der Waals surface area contributed by atoms with Crippen molar-refractivity contribution in [3.8, 4) is 0 Å². The third kappa shape index (κ3) is 4.06. The van der Waals surface area contributed by atoms with Gasteiger partial charge in [-0.15, -0.1) is 11.8 Å². The van der Waals surface area contributed by atoms with Crippen LogP contribution in [0.2, 0.25) is 0 Å². The summed E-state index contributed by atoms with van der Waals surface area (Å²) in [6.45, 7) is 1.61. The molecule has 0 atom stereocenters. The number of hydrogen-bond acceptors (Lipinski definition) is 7. The van der Waals surface area contributed by atoms with Crippen molar-refractivity contribution in [1.82, 2.24) is 28.0 Å². The van der Waals surface area contributed by atoms with Gasteiger partial charge in [0.1, 0.15) is 4.90 Å². The zero-order valence-electron chi connectivity index (χ0n) is 17.4. The molecule has 0 amide bonds. The summed E-state index contributed by atoms with van der Waals surface area (Å²) in [6.07, 6.45) is 5.80. The first-order valence-electron chi connectivity index (χ1n) is 10.0. The Morgan fingerprint density at radius 3 is 2.45 bits per heavy atom. The Morgan fingerprint density at radius 2 is 1.77 bits per heavy atom. The van der Waals surface area contributed by atoms with Gasteiger partial charge in [-0.1, -0.05) is 6.42 Å². The fraction of sp³-hybridized carbons (Fsp3) is 0.474. The minimum Gasteiger partial charge on any atom is -0.324 e. The number of aryl methyl sites for hydroxylation is 2. The smallest absolute Gasteiger partial charge is 0.324 e. The number of nitrogens with zero attached hydrogens (tertiary/aromatic N) is 6. The largest absolute Gasteiger partial charge is 0.332 e. The van der Waals surface area contributed by atoms with Crippen molar-refractivity contribution in [3.05, 3.63) is 45.5 Å². The predicted octanol–water partition coefficient (Wildman–Crippen LogP) is 0.796. The van der Waals surface area contributed by atoms with E-state index in [1.807, 2.05) is 0 Å². The molecule has 0 N–H and O–H groups in total. The lowest BCUT2D eigenvalue weighted by Crippen LogP contribution is -2.37. The second kappa shape index (κ2) is 8.60. The Balaban J connectivity index is 1.45. The monoisotopic (exact) mass is 464 g/mol. The van der Waals surface area contributed by atoms with Crippen LogP contribution in [0, 0.1) is 0 Å². The minimum atomic E-state index is -3.49. The summed E-state index contributed by atoms with van der Waals surface area (Å²) in [7, 11) is -0.464. The first kappa shape index (κ1) is 21.8. The fourth-order valence-corrected chi connectivity index (χ4v) is 5.93. The summed E-state index contributed by atoms with van der Waals surface area (Å²) >= 11 is 1.45. The molecule has 0 aromatic carbocycles. The molecule has 0 unspecified atom stereocenters. The highest BCUT2D eigenvalue weighted by atomic mass is 32.2. The van der Waals surface area contributed by atoms with Crippen LogP contribution in [0.4, 0.5) is 0 Å². The van der Waals surface area contributed by atoms with E-state index in [4.69, 9.17) is 0 Å². The van der Waals surface area contributed by atoms with Crippen molar-refractivity contribution in [2.24, 2.45) is 14.1 Å². The first-order chi connectivity index (χ1) is 14.8. The number of fused-ring (bicyclic) bond motifs is 1. The minimum absolute atomic E-state index is 0.212. The van der Waals surface area contributed by atoms with Crippen LogP contribution in [0.25, 0.3) is 11.2 Å². The van der Waals surface area contributed by atoms with Crippen LogP contribution in [0.3, 0.4) is 0 Å².